The third kappa shape index (κ3) is 5.90. The fourth-order valence-electron chi connectivity index (χ4n) is 1.60. The lowest BCUT2D eigenvalue weighted by Gasteiger charge is -2.06. The third-order valence-corrected chi connectivity index (χ3v) is 2.49. The smallest absolute Gasteiger partial charge is 0.322 e. The minimum Gasteiger partial charge on any atom is -0.480 e. The number of hydrogen-bond acceptors (Lipinski definition) is 4. The van der Waals surface area contributed by atoms with E-state index in [9.17, 15) is 14.4 Å². The maximum atomic E-state index is 11.9. The lowest BCUT2D eigenvalue weighted by atomic mass is 10.1. The summed E-state index contributed by atoms with van der Waals surface area (Å²) >= 11 is 0. The number of hydrogen-bond donors (Lipinski definition) is 2. The Labute approximate surface area is 122 Å². The van der Waals surface area contributed by atoms with Gasteiger partial charge in [0.2, 0.25) is 0 Å². The maximum absolute atomic E-state index is 11.9. The maximum Gasteiger partial charge on any atom is 0.322 e. The zero-order valence-electron chi connectivity index (χ0n) is 11.7. The average Bonchev–Trinajstić information content (AvgIpc) is 2.45. The lowest BCUT2D eigenvalue weighted by Crippen LogP contribution is -2.29. The van der Waals surface area contributed by atoms with Gasteiger partial charge in [0.1, 0.15) is 6.54 Å². The van der Waals surface area contributed by atoms with Crippen molar-refractivity contribution < 1.29 is 24.2 Å². The van der Waals surface area contributed by atoms with Crippen molar-refractivity contribution in [3.63, 3.8) is 0 Å². The second kappa shape index (κ2) is 8.52. The van der Waals surface area contributed by atoms with Crippen LogP contribution in [0.25, 0.3) is 6.08 Å². The first-order chi connectivity index (χ1) is 10.0. The Hall–Kier alpha value is -2.63. The molecule has 0 saturated carbocycles. The molecule has 0 aromatic heterocycles. The van der Waals surface area contributed by atoms with Gasteiger partial charge >= 0.3 is 11.9 Å². The van der Waals surface area contributed by atoms with Gasteiger partial charge in [-0.05, 0) is 18.6 Å². The predicted octanol–water partition coefficient (Wildman–Crippen LogP) is 1.47. The molecule has 1 rings (SSSR count). The van der Waals surface area contributed by atoms with E-state index in [4.69, 9.17) is 9.84 Å². The standard InChI is InChI=1S/C15H17NO5/c1-2-21-14(19)9-5-7-11-6-3-4-8-12(11)15(20)16-10-13(17)18/h3-8H,2,9-10H2,1H3,(H,16,20)(H,17,18). The molecule has 1 aromatic rings. The second-order valence-electron chi connectivity index (χ2n) is 4.08. The van der Waals surface area contributed by atoms with Crippen LogP contribution in [0.4, 0.5) is 0 Å². The first-order valence-corrected chi connectivity index (χ1v) is 6.45. The molecule has 6 heteroatoms. The van der Waals surface area contributed by atoms with Crippen LogP contribution in [0.15, 0.2) is 30.3 Å². The van der Waals surface area contributed by atoms with Crippen molar-refractivity contribution in [1.29, 1.82) is 0 Å². The second-order valence-corrected chi connectivity index (χ2v) is 4.08. The van der Waals surface area contributed by atoms with E-state index >= 15 is 0 Å². The largest absolute Gasteiger partial charge is 0.480 e. The summed E-state index contributed by atoms with van der Waals surface area (Å²) in [6, 6.07) is 6.72. The van der Waals surface area contributed by atoms with Crippen molar-refractivity contribution in [2.24, 2.45) is 0 Å². The Morgan fingerprint density at radius 3 is 2.67 bits per heavy atom. The number of carboxylic acids is 1. The van der Waals surface area contributed by atoms with Crippen molar-refractivity contribution in [2.75, 3.05) is 13.2 Å². The van der Waals surface area contributed by atoms with Gasteiger partial charge in [0.05, 0.1) is 13.0 Å². The number of benzene rings is 1. The minimum atomic E-state index is -1.11. The fraction of sp³-hybridized carbons (Fsp3) is 0.267. The molecule has 2 N–H and O–H groups in total. The van der Waals surface area contributed by atoms with Crippen molar-refractivity contribution in [1.82, 2.24) is 5.32 Å². The molecule has 1 amide bonds. The molecule has 0 aliphatic carbocycles. The summed E-state index contributed by atoms with van der Waals surface area (Å²) in [6.07, 6.45) is 3.34. The molecule has 0 bridgehead atoms. The molecule has 1 aromatic carbocycles. The monoisotopic (exact) mass is 291 g/mol. The van der Waals surface area contributed by atoms with Crippen LogP contribution in [0, 0.1) is 0 Å². The molecule has 6 nitrogen and oxygen atoms in total. The number of ether oxygens (including phenoxy) is 1. The van der Waals surface area contributed by atoms with Crippen LogP contribution in [0.2, 0.25) is 0 Å². The van der Waals surface area contributed by atoms with E-state index in [1.807, 2.05) is 0 Å². The van der Waals surface area contributed by atoms with E-state index < -0.39 is 18.4 Å². The Morgan fingerprint density at radius 2 is 2.00 bits per heavy atom. The highest BCUT2D eigenvalue weighted by Gasteiger charge is 2.10. The highest BCUT2D eigenvalue weighted by atomic mass is 16.5. The Balaban J connectivity index is 2.74. The van der Waals surface area contributed by atoms with Crippen molar-refractivity contribution in [3.05, 3.63) is 41.5 Å². The Morgan fingerprint density at radius 1 is 1.29 bits per heavy atom. The molecular weight excluding hydrogens is 274 g/mol. The molecule has 0 aliphatic heterocycles. The number of rotatable bonds is 7. The van der Waals surface area contributed by atoms with E-state index in [0.29, 0.717) is 17.7 Å². The average molecular weight is 291 g/mol. The zero-order chi connectivity index (χ0) is 15.7. The number of aliphatic carboxylic acids is 1. The van der Waals surface area contributed by atoms with Gasteiger partial charge in [0, 0.05) is 5.56 Å². The van der Waals surface area contributed by atoms with Gasteiger partial charge in [-0.2, -0.15) is 0 Å². The van der Waals surface area contributed by atoms with Crippen molar-refractivity contribution in [3.8, 4) is 0 Å². The van der Waals surface area contributed by atoms with Crippen LogP contribution in [0.3, 0.4) is 0 Å². The number of amides is 1. The topological polar surface area (TPSA) is 92.7 Å². The van der Waals surface area contributed by atoms with Crippen LogP contribution in [0.5, 0.6) is 0 Å². The molecule has 0 spiro atoms. The first kappa shape index (κ1) is 16.4. The van der Waals surface area contributed by atoms with Crippen LogP contribution in [-0.4, -0.2) is 36.1 Å². The number of nitrogens with one attached hydrogen (secondary N) is 1. The van der Waals surface area contributed by atoms with E-state index in [0.717, 1.165) is 0 Å². The number of carbonyl (C=O) groups is 3. The van der Waals surface area contributed by atoms with Crippen molar-refractivity contribution >= 4 is 23.9 Å². The summed E-state index contributed by atoms with van der Waals surface area (Å²) in [7, 11) is 0. The zero-order valence-corrected chi connectivity index (χ0v) is 11.7. The van der Waals surface area contributed by atoms with Gasteiger partial charge in [0.15, 0.2) is 0 Å². The molecule has 0 aliphatic rings. The molecule has 0 atom stereocenters. The lowest BCUT2D eigenvalue weighted by molar-refractivity contribution is -0.142. The fourth-order valence-corrected chi connectivity index (χ4v) is 1.60. The van der Waals surface area contributed by atoms with E-state index in [2.05, 4.69) is 5.32 Å². The van der Waals surface area contributed by atoms with Gasteiger partial charge in [-0.3, -0.25) is 14.4 Å². The first-order valence-electron chi connectivity index (χ1n) is 6.45. The summed E-state index contributed by atoms with van der Waals surface area (Å²) in [4.78, 5) is 33.5. The summed E-state index contributed by atoms with van der Waals surface area (Å²) in [5, 5.41) is 10.8. The van der Waals surface area contributed by atoms with Crippen LogP contribution in [0.1, 0.15) is 29.3 Å². The molecule has 0 saturated heterocycles. The molecule has 0 heterocycles. The van der Waals surface area contributed by atoms with Gasteiger partial charge < -0.3 is 15.2 Å². The van der Waals surface area contributed by atoms with Crippen molar-refractivity contribution in [2.45, 2.75) is 13.3 Å². The normalized spacial score (nSPS) is 10.3. The number of carboxylic acid groups (broad SMARTS) is 1. The van der Waals surface area contributed by atoms with Crippen LogP contribution >= 0.6 is 0 Å². The minimum absolute atomic E-state index is 0.110. The number of carbonyl (C=O) groups excluding carboxylic acids is 2. The molecule has 21 heavy (non-hydrogen) atoms. The molecule has 0 radical (unpaired) electrons. The van der Waals surface area contributed by atoms with Gasteiger partial charge in [0.25, 0.3) is 5.91 Å². The van der Waals surface area contributed by atoms with E-state index in [1.165, 1.54) is 0 Å². The highest BCUT2D eigenvalue weighted by molar-refractivity contribution is 5.99. The van der Waals surface area contributed by atoms with Crippen LogP contribution in [-0.2, 0) is 14.3 Å². The molecular formula is C15H17NO5. The third-order valence-electron chi connectivity index (χ3n) is 2.49. The molecule has 112 valence electrons. The summed E-state index contributed by atoms with van der Waals surface area (Å²) < 4.78 is 4.79. The van der Waals surface area contributed by atoms with Gasteiger partial charge in [-0.1, -0.05) is 30.4 Å². The van der Waals surface area contributed by atoms with Gasteiger partial charge in [-0.25, -0.2) is 0 Å². The Kier molecular flexibility index (Phi) is 6.67. The van der Waals surface area contributed by atoms with Crippen LogP contribution < -0.4 is 5.32 Å². The van der Waals surface area contributed by atoms with Gasteiger partial charge in [-0.15, -0.1) is 0 Å². The molecule has 0 fully saturated rings. The highest BCUT2D eigenvalue weighted by Crippen LogP contribution is 2.11. The summed E-state index contributed by atoms with van der Waals surface area (Å²) in [5.41, 5.74) is 0.948. The quantitative estimate of drug-likeness (QED) is 0.742. The summed E-state index contributed by atoms with van der Waals surface area (Å²) in [6.45, 7) is 1.60. The van der Waals surface area contributed by atoms with E-state index in [1.54, 1.807) is 43.3 Å². The predicted molar refractivity (Wildman–Crippen MR) is 76.7 cm³/mol. The molecule has 0 unspecified atom stereocenters. The van der Waals surface area contributed by atoms with E-state index in [-0.39, 0.29) is 12.4 Å². The number of esters is 1. The summed E-state index contributed by atoms with van der Waals surface area (Å²) in [5.74, 6) is -1.94. The SMILES string of the molecule is CCOC(=O)CC=Cc1ccccc1C(=O)NCC(=O)O. The Bertz CT molecular complexity index is 551.